The van der Waals surface area contributed by atoms with Gasteiger partial charge in [-0.15, -0.1) is 10.3 Å². The first kappa shape index (κ1) is 26.1. The fourth-order valence-electron chi connectivity index (χ4n) is 5.72. The highest BCUT2D eigenvalue weighted by atomic mass is 32.3. The number of hydrogen-bond donors (Lipinski definition) is 2. The quantitative estimate of drug-likeness (QED) is 0.215. The first-order valence-electron chi connectivity index (χ1n) is 13.2. The minimum atomic E-state index is -4.92. The molecule has 1 aliphatic rings. The number of halogens is 1. The van der Waals surface area contributed by atoms with Crippen molar-refractivity contribution >= 4 is 43.1 Å². The van der Waals surface area contributed by atoms with Crippen LogP contribution in [0.1, 0.15) is 38.3 Å². The van der Waals surface area contributed by atoms with Gasteiger partial charge in [0.25, 0.3) is 0 Å². The lowest BCUT2D eigenvalue weighted by Crippen LogP contribution is -2.30. The van der Waals surface area contributed by atoms with Crippen molar-refractivity contribution in [2.45, 2.75) is 43.7 Å². The molecular weight excluding hydrogens is 529 g/mol. The van der Waals surface area contributed by atoms with Gasteiger partial charge in [-0.3, -0.25) is 4.79 Å². The lowest BCUT2D eigenvalue weighted by Gasteiger charge is -2.28. The SMILES string of the molecule is C#Cc1ccc2c(c1)[nH]c1c2c(=O)c2cc(OC(C)C)c(-c3cccc(S(=O)(=O)F)c3)cc2n1C1CCNCC1. The second-order valence-corrected chi connectivity index (χ2v) is 11.8. The van der Waals surface area contributed by atoms with Gasteiger partial charge in [-0.05, 0) is 81.7 Å². The molecule has 40 heavy (non-hydrogen) atoms. The third-order valence-corrected chi connectivity index (χ3v) is 8.30. The zero-order chi connectivity index (χ0) is 28.2. The maximum Gasteiger partial charge on any atom is 0.332 e. The smallest absolute Gasteiger partial charge is 0.332 e. The average molecular weight is 558 g/mol. The summed E-state index contributed by atoms with van der Waals surface area (Å²) < 4.78 is 45.7. The molecule has 0 unspecified atom stereocenters. The van der Waals surface area contributed by atoms with E-state index in [0.717, 1.165) is 36.8 Å². The molecule has 1 aliphatic heterocycles. The number of terminal acetylenes is 1. The third kappa shape index (κ3) is 4.43. The number of nitrogens with zero attached hydrogens (tertiary/aromatic N) is 1. The van der Waals surface area contributed by atoms with Crippen LogP contribution in [-0.4, -0.2) is 37.2 Å². The first-order valence-corrected chi connectivity index (χ1v) is 14.6. The molecule has 6 rings (SSSR count). The van der Waals surface area contributed by atoms with Crippen molar-refractivity contribution in [1.29, 1.82) is 0 Å². The second kappa shape index (κ2) is 9.81. The molecule has 0 radical (unpaired) electrons. The van der Waals surface area contributed by atoms with Crippen LogP contribution in [0.15, 0.2) is 64.3 Å². The van der Waals surface area contributed by atoms with E-state index in [0.29, 0.717) is 44.4 Å². The van der Waals surface area contributed by atoms with Crippen molar-refractivity contribution in [2.75, 3.05) is 13.1 Å². The summed E-state index contributed by atoms with van der Waals surface area (Å²) in [6.45, 7) is 5.41. The van der Waals surface area contributed by atoms with Crippen molar-refractivity contribution in [3.63, 3.8) is 0 Å². The lowest BCUT2D eigenvalue weighted by molar-refractivity contribution is 0.244. The second-order valence-electron chi connectivity index (χ2n) is 10.4. The summed E-state index contributed by atoms with van der Waals surface area (Å²) >= 11 is 0. The Morgan fingerprint density at radius 1 is 1.07 bits per heavy atom. The van der Waals surface area contributed by atoms with Crippen molar-refractivity contribution in [3.8, 4) is 29.2 Å². The van der Waals surface area contributed by atoms with E-state index < -0.39 is 15.1 Å². The number of hydrogen-bond acceptors (Lipinski definition) is 5. The van der Waals surface area contributed by atoms with Gasteiger partial charge in [0.05, 0.1) is 27.3 Å². The predicted octanol–water partition coefficient (Wildman–Crippen LogP) is 5.65. The molecule has 7 nitrogen and oxygen atoms in total. The number of rotatable bonds is 5. The van der Waals surface area contributed by atoms with Gasteiger partial charge in [0.15, 0.2) is 5.43 Å². The Labute approximate surface area is 231 Å². The van der Waals surface area contributed by atoms with Crippen LogP contribution in [-0.2, 0) is 10.2 Å². The van der Waals surface area contributed by atoms with Gasteiger partial charge < -0.3 is 19.6 Å². The predicted molar refractivity (Wildman–Crippen MR) is 156 cm³/mol. The number of ether oxygens (including phenoxy) is 1. The molecule has 0 spiro atoms. The molecular formula is C31H28FN3O4S. The highest BCUT2D eigenvalue weighted by Gasteiger charge is 2.25. The van der Waals surface area contributed by atoms with E-state index >= 15 is 0 Å². The molecule has 1 fully saturated rings. The minimum Gasteiger partial charge on any atom is -0.490 e. The standard InChI is InChI=1S/C31H28FN3O4S/c1-4-19-8-9-23-26(14-19)34-31-29(23)30(36)25-17-28(39-18(2)3)24(20-6-5-7-22(15-20)40(32,37)38)16-27(25)35(31)21-10-12-33-13-11-21/h1,5-9,14-18,21,33-34H,10-13H2,2-3H3. The van der Waals surface area contributed by atoms with Crippen LogP contribution in [0.25, 0.3) is 44.0 Å². The van der Waals surface area contributed by atoms with E-state index in [1.54, 1.807) is 12.1 Å². The number of aromatic nitrogens is 2. The molecule has 0 aliphatic carbocycles. The maximum atomic E-state index is 14.2. The Morgan fingerprint density at radius 2 is 1.85 bits per heavy atom. The molecule has 2 aromatic heterocycles. The van der Waals surface area contributed by atoms with E-state index in [1.807, 2.05) is 38.1 Å². The van der Waals surface area contributed by atoms with E-state index in [-0.39, 0.29) is 17.6 Å². The van der Waals surface area contributed by atoms with Gasteiger partial charge in [-0.2, -0.15) is 8.42 Å². The summed E-state index contributed by atoms with van der Waals surface area (Å²) in [5, 5.41) is 5.26. The summed E-state index contributed by atoms with van der Waals surface area (Å²) in [6.07, 6.45) is 7.13. The fourth-order valence-corrected chi connectivity index (χ4v) is 6.23. The lowest BCUT2D eigenvalue weighted by atomic mass is 9.99. The Bertz CT molecular complexity index is 2010. The molecule has 0 bridgehead atoms. The minimum absolute atomic E-state index is 0.0919. The van der Waals surface area contributed by atoms with Crippen LogP contribution < -0.4 is 15.5 Å². The Hall–Kier alpha value is -4.13. The zero-order valence-corrected chi connectivity index (χ0v) is 22.9. The molecule has 0 amide bonds. The molecule has 0 atom stereocenters. The number of fused-ring (bicyclic) bond motifs is 4. The van der Waals surface area contributed by atoms with Crippen LogP contribution in [0.3, 0.4) is 0 Å². The van der Waals surface area contributed by atoms with Crippen molar-refractivity contribution in [3.05, 3.63) is 70.4 Å². The van der Waals surface area contributed by atoms with Crippen LogP contribution in [0.4, 0.5) is 3.89 Å². The molecule has 3 heterocycles. The number of pyridine rings is 1. The molecule has 2 N–H and O–H groups in total. The van der Waals surface area contributed by atoms with Gasteiger partial charge in [0, 0.05) is 28.1 Å². The van der Waals surface area contributed by atoms with E-state index in [1.165, 1.54) is 18.2 Å². The van der Waals surface area contributed by atoms with Gasteiger partial charge in [0.2, 0.25) is 0 Å². The average Bonchev–Trinajstić information content (AvgIpc) is 3.31. The van der Waals surface area contributed by atoms with Crippen molar-refractivity contribution < 1.29 is 17.0 Å². The maximum absolute atomic E-state index is 14.2. The molecule has 204 valence electrons. The number of H-pyrrole nitrogens is 1. The molecule has 5 aromatic rings. The highest BCUT2D eigenvalue weighted by Crippen LogP contribution is 2.39. The monoisotopic (exact) mass is 557 g/mol. The van der Waals surface area contributed by atoms with Crippen LogP contribution in [0.2, 0.25) is 0 Å². The molecule has 9 heteroatoms. The molecule has 0 saturated carbocycles. The van der Waals surface area contributed by atoms with Gasteiger partial charge in [0.1, 0.15) is 11.4 Å². The van der Waals surface area contributed by atoms with Gasteiger partial charge in [-0.1, -0.05) is 24.1 Å². The number of aromatic amines is 1. The molecule has 1 saturated heterocycles. The summed E-state index contributed by atoms with van der Waals surface area (Å²) in [5.74, 6) is 3.07. The third-order valence-electron chi connectivity index (χ3n) is 7.48. The van der Waals surface area contributed by atoms with Crippen molar-refractivity contribution in [1.82, 2.24) is 14.9 Å². The Balaban J connectivity index is 1.75. The summed E-state index contributed by atoms with van der Waals surface area (Å²) in [5.41, 5.74) is 3.78. The number of benzene rings is 3. The topological polar surface area (TPSA) is 93.2 Å². The van der Waals surface area contributed by atoms with Crippen LogP contribution >= 0.6 is 0 Å². The van der Waals surface area contributed by atoms with E-state index in [9.17, 15) is 17.1 Å². The molecule has 3 aromatic carbocycles. The first-order chi connectivity index (χ1) is 19.2. The van der Waals surface area contributed by atoms with Crippen LogP contribution in [0.5, 0.6) is 5.75 Å². The highest BCUT2D eigenvalue weighted by molar-refractivity contribution is 7.86. The summed E-state index contributed by atoms with van der Waals surface area (Å²) in [6, 6.07) is 15.0. The van der Waals surface area contributed by atoms with Crippen molar-refractivity contribution in [2.24, 2.45) is 0 Å². The van der Waals surface area contributed by atoms with Crippen LogP contribution in [0, 0.1) is 12.3 Å². The zero-order valence-electron chi connectivity index (χ0n) is 22.1. The number of nitrogens with one attached hydrogen (secondary N) is 2. The number of piperidine rings is 1. The fraction of sp³-hybridized carbons (Fsp3) is 0.258. The normalized spacial score (nSPS) is 14.8. The van der Waals surface area contributed by atoms with E-state index in [4.69, 9.17) is 11.2 Å². The largest absolute Gasteiger partial charge is 0.490 e. The Kier molecular flexibility index (Phi) is 6.40. The van der Waals surface area contributed by atoms with Gasteiger partial charge >= 0.3 is 10.2 Å². The van der Waals surface area contributed by atoms with E-state index in [2.05, 4.69) is 20.8 Å². The summed E-state index contributed by atoms with van der Waals surface area (Å²) in [4.78, 5) is 17.2. The summed E-state index contributed by atoms with van der Waals surface area (Å²) in [7, 11) is -4.92. The Morgan fingerprint density at radius 3 is 2.55 bits per heavy atom. The van der Waals surface area contributed by atoms with Gasteiger partial charge in [-0.25, -0.2) is 0 Å².